The fourth-order valence-electron chi connectivity index (χ4n) is 3.57. The molecule has 2 aliphatic carbocycles. The molecule has 1 amide bonds. The minimum atomic E-state index is 0.225. The number of hydrogen-bond acceptors (Lipinski definition) is 2. The zero-order chi connectivity index (χ0) is 12.3. The van der Waals surface area contributed by atoms with Gasteiger partial charge in [-0.2, -0.15) is 0 Å². The van der Waals surface area contributed by atoms with Crippen LogP contribution in [0, 0.1) is 23.7 Å². The summed E-state index contributed by atoms with van der Waals surface area (Å²) in [5, 5.41) is 12.0. The maximum Gasteiger partial charge on any atom is 0.223 e. The van der Waals surface area contributed by atoms with E-state index in [2.05, 4.69) is 12.2 Å². The molecule has 17 heavy (non-hydrogen) atoms. The van der Waals surface area contributed by atoms with Crippen LogP contribution < -0.4 is 5.32 Å². The molecule has 0 radical (unpaired) electrons. The fourth-order valence-corrected chi connectivity index (χ4v) is 3.57. The smallest absolute Gasteiger partial charge is 0.223 e. The van der Waals surface area contributed by atoms with Crippen molar-refractivity contribution in [3.8, 4) is 0 Å². The summed E-state index contributed by atoms with van der Waals surface area (Å²) in [6, 6.07) is 0. The molecule has 0 aliphatic heterocycles. The third-order valence-electron chi connectivity index (χ3n) is 4.75. The molecule has 2 saturated carbocycles. The summed E-state index contributed by atoms with van der Waals surface area (Å²) in [6.07, 6.45) is 6.83. The molecule has 98 valence electrons. The number of carbonyl (C=O) groups excluding carboxylic acids is 1. The fraction of sp³-hybridized carbons (Fsp3) is 0.929. The van der Waals surface area contributed by atoms with Gasteiger partial charge in [-0.1, -0.05) is 19.8 Å². The van der Waals surface area contributed by atoms with E-state index in [1.165, 1.54) is 19.3 Å². The van der Waals surface area contributed by atoms with E-state index in [-0.39, 0.29) is 12.5 Å². The van der Waals surface area contributed by atoms with Crippen molar-refractivity contribution in [2.75, 3.05) is 13.2 Å². The second kappa shape index (κ2) is 5.85. The Kier molecular flexibility index (Phi) is 4.43. The van der Waals surface area contributed by atoms with Gasteiger partial charge < -0.3 is 10.4 Å². The monoisotopic (exact) mass is 239 g/mol. The van der Waals surface area contributed by atoms with Gasteiger partial charge >= 0.3 is 0 Å². The van der Waals surface area contributed by atoms with Crippen molar-refractivity contribution in [2.45, 2.75) is 45.4 Å². The SMILES string of the molecule is CCC(CCO)CNC(=O)C1CC2CCC1C2. The van der Waals surface area contributed by atoms with Gasteiger partial charge in [0.15, 0.2) is 0 Å². The number of nitrogens with one attached hydrogen (secondary N) is 1. The summed E-state index contributed by atoms with van der Waals surface area (Å²) < 4.78 is 0. The molecule has 4 atom stereocenters. The average Bonchev–Trinajstić information content (AvgIpc) is 2.96. The van der Waals surface area contributed by atoms with Gasteiger partial charge in [-0.15, -0.1) is 0 Å². The lowest BCUT2D eigenvalue weighted by atomic mass is 9.88. The van der Waals surface area contributed by atoms with Gasteiger partial charge in [0, 0.05) is 19.1 Å². The van der Waals surface area contributed by atoms with Gasteiger partial charge in [-0.05, 0) is 43.4 Å². The van der Waals surface area contributed by atoms with E-state index in [0.29, 0.717) is 17.8 Å². The van der Waals surface area contributed by atoms with Crippen molar-refractivity contribution in [1.82, 2.24) is 5.32 Å². The summed E-state index contributed by atoms with van der Waals surface area (Å²) in [6.45, 7) is 3.08. The van der Waals surface area contributed by atoms with E-state index >= 15 is 0 Å². The van der Waals surface area contributed by atoms with Crippen molar-refractivity contribution in [3.05, 3.63) is 0 Å². The lowest BCUT2D eigenvalue weighted by Crippen LogP contribution is -2.36. The van der Waals surface area contributed by atoms with E-state index in [0.717, 1.165) is 31.7 Å². The zero-order valence-electron chi connectivity index (χ0n) is 10.8. The van der Waals surface area contributed by atoms with Crippen LogP contribution in [0.25, 0.3) is 0 Å². The number of fused-ring (bicyclic) bond motifs is 2. The van der Waals surface area contributed by atoms with Crippen LogP contribution >= 0.6 is 0 Å². The molecule has 2 rings (SSSR count). The summed E-state index contributed by atoms with van der Waals surface area (Å²) in [5.41, 5.74) is 0. The van der Waals surface area contributed by atoms with Crippen LogP contribution in [0.5, 0.6) is 0 Å². The lowest BCUT2D eigenvalue weighted by Gasteiger charge is -2.22. The Hall–Kier alpha value is -0.570. The highest BCUT2D eigenvalue weighted by atomic mass is 16.3. The number of amides is 1. The molecule has 4 unspecified atom stereocenters. The highest BCUT2D eigenvalue weighted by Gasteiger charge is 2.42. The number of carbonyl (C=O) groups is 1. The zero-order valence-corrected chi connectivity index (χ0v) is 10.8. The van der Waals surface area contributed by atoms with Crippen LogP contribution in [0.4, 0.5) is 0 Å². The van der Waals surface area contributed by atoms with Crippen LogP contribution in [0.3, 0.4) is 0 Å². The number of aliphatic hydroxyl groups is 1. The third kappa shape index (κ3) is 3.01. The first-order chi connectivity index (χ1) is 8.24. The normalized spacial score (nSPS) is 32.7. The molecule has 0 aromatic heterocycles. The Morgan fingerprint density at radius 1 is 1.41 bits per heavy atom. The quantitative estimate of drug-likeness (QED) is 0.744. The van der Waals surface area contributed by atoms with E-state index < -0.39 is 0 Å². The number of hydrogen-bond donors (Lipinski definition) is 2. The molecular formula is C14H25NO2. The summed E-state index contributed by atoms with van der Waals surface area (Å²) in [4.78, 5) is 12.1. The van der Waals surface area contributed by atoms with Crippen molar-refractivity contribution in [3.63, 3.8) is 0 Å². The lowest BCUT2D eigenvalue weighted by molar-refractivity contribution is -0.126. The van der Waals surface area contributed by atoms with Crippen LogP contribution in [-0.4, -0.2) is 24.2 Å². The summed E-state index contributed by atoms with van der Waals surface area (Å²) >= 11 is 0. The van der Waals surface area contributed by atoms with Crippen LogP contribution in [-0.2, 0) is 4.79 Å². The Labute approximate surface area is 104 Å². The average molecular weight is 239 g/mol. The Balaban J connectivity index is 1.74. The van der Waals surface area contributed by atoms with Crippen molar-refractivity contribution < 1.29 is 9.90 Å². The second-order valence-corrected chi connectivity index (χ2v) is 5.81. The van der Waals surface area contributed by atoms with Crippen LogP contribution in [0.1, 0.15) is 45.4 Å². The first-order valence-electron chi connectivity index (χ1n) is 7.13. The first kappa shape index (κ1) is 12.9. The standard InChI is InChI=1S/C14H25NO2/c1-2-10(5-6-16)9-15-14(17)13-8-11-3-4-12(13)7-11/h10-13,16H,2-9H2,1H3,(H,15,17). The minimum Gasteiger partial charge on any atom is -0.396 e. The van der Waals surface area contributed by atoms with E-state index in [1.54, 1.807) is 0 Å². The molecule has 0 saturated heterocycles. The van der Waals surface area contributed by atoms with Gasteiger partial charge in [-0.3, -0.25) is 4.79 Å². The molecular weight excluding hydrogens is 214 g/mol. The molecule has 2 aliphatic rings. The van der Waals surface area contributed by atoms with Crippen molar-refractivity contribution in [2.24, 2.45) is 23.7 Å². The minimum absolute atomic E-state index is 0.225. The molecule has 0 aromatic rings. The number of rotatable bonds is 6. The summed E-state index contributed by atoms with van der Waals surface area (Å²) in [7, 11) is 0. The molecule has 2 N–H and O–H groups in total. The first-order valence-corrected chi connectivity index (χ1v) is 7.13. The highest BCUT2D eigenvalue weighted by molar-refractivity contribution is 5.79. The summed E-state index contributed by atoms with van der Waals surface area (Å²) in [5.74, 6) is 2.49. The van der Waals surface area contributed by atoms with Gasteiger partial charge in [0.05, 0.1) is 0 Å². The Morgan fingerprint density at radius 3 is 2.76 bits per heavy atom. The van der Waals surface area contributed by atoms with Gasteiger partial charge in [-0.25, -0.2) is 0 Å². The van der Waals surface area contributed by atoms with Crippen LogP contribution in [0.2, 0.25) is 0 Å². The highest BCUT2D eigenvalue weighted by Crippen LogP contribution is 2.48. The predicted octanol–water partition coefficient (Wildman–Crippen LogP) is 1.95. The Morgan fingerprint density at radius 2 is 2.24 bits per heavy atom. The Bertz CT molecular complexity index is 267. The molecule has 3 heteroatoms. The molecule has 2 bridgehead atoms. The van der Waals surface area contributed by atoms with E-state index in [9.17, 15) is 4.79 Å². The molecule has 0 aromatic carbocycles. The van der Waals surface area contributed by atoms with Gasteiger partial charge in [0.2, 0.25) is 5.91 Å². The van der Waals surface area contributed by atoms with E-state index in [4.69, 9.17) is 5.11 Å². The predicted molar refractivity (Wildman–Crippen MR) is 67.4 cm³/mol. The second-order valence-electron chi connectivity index (χ2n) is 5.81. The van der Waals surface area contributed by atoms with Gasteiger partial charge in [0.25, 0.3) is 0 Å². The molecule has 0 spiro atoms. The van der Waals surface area contributed by atoms with Crippen molar-refractivity contribution >= 4 is 5.91 Å². The van der Waals surface area contributed by atoms with Gasteiger partial charge in [0.1, 0.15) is 0 Å². The number of aliphatic hydroxyl groups excluding tert-OH is 1. The topological polar surface area (TPSA) is 49.3 Å². The van der Waals surface area contributed by atoms with E-state index in [1.807, 2.05) is 0 Å². The van der Waals surface area contributed by atoms with Crippen LogP contribution in [0.15, 0.2) is 0 Å². The molecule has 0 heterocycles. The third-order valence-corrected chi connectivity index (χ3v) is 4.75. The maximum atomic E-state index is 12.1. The maximum absolute atomic E-state index is 12.1. The van der Waals surface area contributed by atoms with Crippen molar-refractivity contribution in [1.29, 1.82) is 0 Å². The molecule has 2 fully saturated rings. The molecule has 3 nitrogen and oxygen atoms in total. The largest absolute Gasteiger partial charge is 0.396 e.